The highest BCUT2D eigenvalue weighted by molar-refractivity contribution is 6.01. The lowest BCUT2D eigenvalue weighted by atomic mass is 9.81. The second-order valence-electron chi connectivity index (χ2n) is 11.7. The molecule has 220 valence electrons. The number of aliphatic carboxylic acids is 1. The Hall–Kier alpha value is -3.39. The molecule has 3 aliphatic rings. The van der Waals surface area contributed by atoms with Crippen LogP contribution < -0.4 is 9.47 Å². The van der Waals surface area contributed by atoms with Gasteiger partial charge in [0.2, 0.25) is 11.8 Å². The Morgan fingerprint density at radius 2 is 1.83 bits per heavy atom. The highest BCUT2D eigenvalue weighted by Crippen LogP contribution is 2.35. The number of carbonyl (C=O) groups is 3. The molecular formula is C33H42N2O6. The number of carboxylic acid groups (broad SMARTS) is 1. The van der Waals surface area contributed by atoms with Crippen LogP contribution in [0.1, 0.15) is 80.7 Å². The first-order chi connectivity index (χ1) is 19.8. The smallest absolute Gasteiger partial charge is 0.306 e. The van der Waals surface area contributed by atoms with Crippen LogP contribution >= 0.6 is 0 Å². The molecule has 1 unspecified atom stereocenters. The summed E-state index contributed by atoms with van der Waals surface area (Å²) in [5, 5.41) is 9.46. The van der Waals surface area contributed by atoms with E-state index in [1.807, 2.05) is 6.07 Å². The fourth-order valence-electron chi connectivity index (χ4n) is 6.46. The zero-order chi connectivity index (χ0) is 28.9. The summed E-state index contributed by atoms with van der Waals surface area (Å²) >= 11 is 0. The zero-order valence-electron chi connectivity index (χ0n) is 24.3. The summed E-state index contributed by atoms with van der Waals surface area (Å²) in [4.78, 5) is 39.2. The molecule has 1 saturated carbocycles. The maximum Gasteiger partial charge on any atom is 0.306 e. The van der Waals surface area contributed by atoms with Gasteiger partial charge < -0.3 is 14.6 Å². The summed E-state index contributed by atoms with van der Waals surface area (Å²) < 4.78 is 11.8. The van der Waals surface area contributed by atoms with Gasteiger partial charge in [0.1, 0.15) is 18.1 Å². The number of aryl methyl sites for hydroxylation is 1. The maximum atomic E-state index is 11.9. The van der Waals surface area contributed by atoms with Crippen molar-refractivity contribution >= 4 is 17.8 Å². The van der Waals surface area contributed by atoms with Crippen LogP contribution in [0.5, 0.6) is 11.5 Å². The molecule has 0 radical (unpaired) electrons. The number of nitrogens with zero attached hydrogens (tertiary/aromatic N) is 2. The summed E-state index contributed by atoms with van der Waals surface area (Å²) in [7, 11) is 0. The van der Waals surface area contributed by atoms with E-state index in [1.54, 1.807) is 0 Å². The van der Waals surface area contributed by atoms with Crippen LogP contribution in [0.2, 0.25) is 0 Å². The van der Waals surface area contributed by atoms with Gasteiger partial charge in [0, 0.05) is 38.4 Å². The molecule has 1 saturated heterocycles. The zero-order valence-corrected chi connectivity index (χ0v) is 24.3. The number of carbonyl (C=O) groups excluding carboxylic acids is 2. The summed E-state index contributed by atoms with van der Waals surface area (Å²) in [6.45, 7) is 7.36. The summed E-state index contributed by atoms with van der Waals surface area (Å²) in [5.41, 5.74) is 4.85. The average molecular weight is 563 g/mol. The molecular weight excluding hydrogens is 520 g/mol. The van der Waals surface area contributed by atoms with Gasteiger partial charge in [0.15, 0.2) is 0 Å². The van der Waals surface area contributed by atoms with Gasteiger partial charge in [-0.1, -0.05) is 31.2 Å². The van der Waals surface area contributed by atoms with Gasteiger partial charge in [0.05, 0.1) is 19.1 Å². The molecule has 0 spiro atoms. The molecule has 2 aromatic carbocycles. The molecule has 8 nitrogen and oxygen atoms in total. The Labute approximate surface area is 242 Å². The molecule has 41 heavy (non-hydrogen) atoms. The van der Waals surface area contributed by atoms with Crippen LogP contribution in [0.4, 0.5) is 0 Å². The normalized spacial score (nSPS) is 21.2. The Balaban J connectivity index is 1.29. The molecule has 2 heterocycles. The van der Waals surface area contributed by atoms with E-state index in [2.05, 4.69) is 49.1 Å². The van der Waals surface area contributed by atoms with E-state index in [4.69, 9.17) is 9.47 Å². The van der Waals surface area contributed by atoms with Crippen molar-refractivity contribution < 1.29 is 29.0 Å². The third-order valence-electron chi connectivity index (χ3n) is 9.05. The minimum absolute atomic E-state index is 0.119. The fraction of sp³-hybridized carbons (Fsp3) is 0.545. The summed E-state index contributed by atoms with van der Waals surface area (Å²) in [5.74, 6) is 1.13. The fourth-order valence-corrected chi connectivity index (χ4v) is 6.46. The number of hydrogen-bond donors (Lipinski definition) is 1. The van der Waals surface area contributed by atoms with Gasteiger partial charge in [-0.25, -0.2) is 0 Å². The molecule has 2 aromatic rings. The summed E-state index contributed by atoms with van der Waals surface area (Å²) in [6.07, 6.45) is 5.71. The van der Waals surface area contributed by atoms with E-state index in [0.29, 0.717) is 18.8 Å². The largest absolute Gasteiger partial charge is 0.493 e. The quantitative estimate of drug-likeness (QED) is 0.357. The Kier molecular flexibility index (Phi) is 9.28. The van der Waals surface area contributed by atoms with Crippen molar-refractivity contribution in [1.82, 2.24) is 9.80 Å². The number of imide groups is 1. The van der Waals surface area contributed by atoms with E-state index in [-0.39, 0.29) is 36.9 Å². The molecule has 2 aliphatic heterocycles. The van der Waals surface area contributed by atoms with Crippen molar-refractivity contribution in [3.8, 4) is 11.5 Å². The predicted molar refractivity (Wildman–Crippen MR) is 155 cm³/mol. The first kappa shape index (κ1) is 29.1. The standard InChI is InChI=1S/C33H42N2O6/c1-3-25-18-24(6-10-29(25)41-17-15-35-31(36)12-13-32(35)37)21-34(20-23-4-7-26(8-5-23)33(38)39)22(2)27-9-11-30-28(19-27)14-16-40-30/h6,9-11,18-19,22-23,26H,3-5,7-8,12-17,20-21H2,1-2H3,(H,38,39). The first-order valence-corrected chi connectivity index (χ1v) is 15.1. The van der Waals surface area contributed by atoms with E-state index >= 15 is 0 Å². The van der Waals surface area contributed by atoms with Gasteiger partial charge in [-0.15, -0.1) is 0 Å². The van der Waals surface area contributed by atoms with Crippen molar-refractivity contribution in [2.45, 2.75) is 77.8 Å². The molecule has 1 atom stereocenters. The minimum Gasteiger partial charge on any atom is -0.493 e. The molecule has 1 N–H and O–H groups in total. The molecule has 8 heteroatoms. The van der Waals surface area contributed by atoms with Crippen LogP contribution in [0, 0.1) is 11.8 Å². The van der Waals surface area contributed by atoms with E-state index in [1.165, 1.54) is 21.6 Å². The van der Waals surface area contributed by atoms with Crippen molar-refractivity contribution in [2.24, 2.45) is 11.8 Å². The highest BCUT2D eigenvalue weighted by Gasteiger charge is 2.30. The van der Waals surface area contributed by atoms with Crippen LogP contribution in [-0.4, -0.2) is 59.0 Å². The highest BCUT2D eigenvalue weighted by atomic mass is 16.5. The SMILES string of the molecule is CCc1cc(CN(CC2CCC(C(=O)O)CC2)C(C)c2ccc3c(c2)CCO3)ccc1OCCN1C(=O)CCC1=O. The topological polar surface area (TPSA) is 96.4 Å². The molecule has 0 bridgehead atoms. The maximum absolute atomic E-state index is 11.9. The van der Waals surface area contributed by atoms with Gasteiger partial charge in [-0.2, -0.15) is 0 Å². The average Bonchev–Trinajstić information content (AvgIpc) is 3.58. The first-order valence-electron chi connectivity index (χ1n) is 15.1. The van der Waals surface area contributed by atoms with Gasteiger partial charge >= 0.3 is 5.97 Å². The third kappa shape index (κ3) is 6.92. The lowest BCUT2D eigenvalue weighted by molar-refractivity contribution is -0.143. The van der Waals surface area contributed by atoms with E-state index in [0.717, 1.165) is 75.3 Å². The number of amides is 2. The number of benzene rings is 2. The molecule has 2 amide bonds. The minimum atomic E-state index is -0.665. The Bertz CT molecular complexity index is 1250. The second-order valence-corrected chi connectivity index (χ2v) is 11.7. The molecule has 1 aliphatic carbocycles. The monoisotopic (exact) mass is 562 g/mol. The van der Waals surface area contributed by atoms with Crippen molar-refractivity contribution in [3.63, 3.8) is 0 Å². The van der Waals surface area contributed by atoms with Crippen LogP contribution in [0.3, 0.4) is 0 Å². The summed E-state index contributed by atoms with van der Waals surface area (Å²) in [6, 6.07) is 13.1. The van der Waals surface area contributed by atoms with Crippen LogP contribution in [0.15, 0.2) is 36.4 Å². The van der Waals surface area contributed by atoms with Crippen molar-refractivity contribution in [1.29, 1.82) is 0 Å². The molecule has 5 rings (SSSR count). The number of ether oxygens (including phenoxy) is 2. The van der Waals surface area contributed by atoms with Gasteiger partial charge in [-0.05, 0) is 79.3 Å². The number of rotatable bonds is 12. The number of hydrogen-bond acceptors (Lipinski definition) is 6. The Morgan fingerprint density at radius 3 is 2.54 bits per heavy atom. The van der Waals surface area contributed by atoms with E-state index in [9.17, 15) is 19.5 Å². The molecule has 0 aromatic heterocycles. The lowest BCUT2D eigenvalue weighted by Crippen LogP contribution is -2.34. The van der Waals surface area contributed by atoms with Crippen molar-refractivity contribution in [2.75, 3.05) is 26.3 Å². The van der Waals surface area contributed by atoms with Gasteiger partial charge in [0.25, 0.3) is 0 Å². The number of carboxylic acids is 1. The van der Waals surface area contributed by atoms with Crippen LogP contribution in [0.25, 0.3) is 0 Å². The van der Waals surface area contributed by atoms with Gasteiger partial charge in [-0.3, -0.25) is 24.2 Å². The number of fused-ring (bicyclic) bond motifs is 1. The second kappa shape index (κ2) is 13.1. The third-order valence-corrected chi connectivity index (χ3v) is 9.05. The molecule has 2 fully saturated rings. The number of likely N-dealkylation sites (tertiary alicyclic amines) is 1. The lowest BCUT2D eigenvalue weighted by Gasteiger charge is -2.35. The Morgan fingerprint density at radius 1 is 1.07 bits per heavy atom. The van der Waals surface area contributed by atoms with Crippen molar-refractivity contribution in [3.05, 3.63) is 58.7 Å². The van der Waals surface area contributed by atoms with Crippen LogP contribution in [-0.2, 0) is 33.8 Å². The predicted octanol–water partition coefficient (Wildman–Crippen LogP) is 5.17. The van der Waals surface area contributed by atoms with E-state index < -0.39 is 5.97 Å².